The number of aromatic amines is 1. The minimum absolute atomic E-state index is 0.0234. The molecule has 0 radical (unpaired) electrons. The second-order valence-electron chi connectivity index (χ2n) is 8.75. The molecular formula is C23H19F7N8O2. The van der Waals surface area contributed by atoms with Gasteiger partial charge in [-0.3, -0.25) is 14.2 Å². The first-order valence-electron chi connectivity index (χ1n) is 11.4. The lowest BCUT2D eigenvalue weighted by molar-refractivity contribution is -0.138. The number of nitrogen functional groups attached to an aromatic ring is 1. The fraction of sp³-hybridized carbons (Fsp3) is 0.304. The minimum Gasteiger partial charge on any atom is -0.383 e. The number of nitrogens with one attached hydrogen (secondary N) is 2. The molecule has 0 aliphatic rings. The van der Waals surface area contributed by atoms with Crippen LogP contribution < -0.4 is 22.2 Å². The van der Waals surface area contributed by atoms with E-state index in [0.717, 1.165) is 35.4 Å². The van der Waals surface area contributed by atoms with Crippen LogP contribution in [0.25, 0.3) is 22.3 Å². The third kappa shape index (κ3) is 5.86. The van der Waals surface area contributed by atoms with Crippen LogP contribution in [0.1, 0.15) is 30.9 Å². The van der Waals surface area contributed by atoms with Gasteiger partial charge in [-0.2, -0.15) is 18.3 Å². The van der Waals surface area contributed by atoms with E-state index >= 15 is 0 Å². The van der Waals surface area contributed by atoms with Crippen LogP contribution >= 0.6 is 0 Å². The number of halogens is 7. The SMILES string of the molecule is C[C@@H](C[C@H](F)Cn1cnc2cc(-c3ncc(C(F)F)c(N)n3)c(F)cc2c1=O)Nc1cn[nH]c(=O)c1C(F)(F)F. The van der Waals surface area contributed by atoms with Gasteiger partial charge in [-0.25, -0.2) is 37.6 Å². The third-order valence-corrected chi connectivity index (χ3v) is 5.78. The van der Waals surface area contributed by atoms with Gasteiger partial charge in [-0.15, -0.1) is 0 Å². The Morgan fingerprint density at radius 3 is 2.50 bits per heavy atom. The lowest BCUT2D eigenvalue weighted by atomic mass is 10.1. The molecule has 3 aromatic heterocycles. The molecule has 0 aliphatic carbocycles. The number of alkyl halides is 6. The zero-order valence-corrected chi connectivity index (χ0v) is 20.3. The minimum atomic E-state index is -4.99. The highest BCUT2D eigenvalue weighted by Crippen LogP contribution is 2.32. The van der Waals surface area contributed by atoms with Crippen molar-refractivity contribution < 1.29 is 30.7 Å². The topological polar surface area (TPSA) is 144 Å². The van der Waals surface area contributed by atoms with Gasteiger partial charge in [0.2, 0.25) is 0 Å². The number of fused-ring (bicyclic) bond motifs is 1. The van der Waals surface area contributed by atoms with Gasteiger partial charge in [0.1, 0.15) is 23.4 Å². The van der Waals surface area contributed by atoms with Crippen molar-refractivity contribution in [3.8, 4) is 11.4 Å². The van der Waals surface area contributed by atoms with Crippen LogP contribution in [0.3, 0.4) is 0 Å². The maximum absolute atomic E-state index is 14.9. The van der Waals surface area contributed by atoms with Crippen LogP contribution in [0, 0.1) is 5.82 Å². The smallest absolute Gasteiger partial charge is 0.383 e. The molecule has 1 aromatic carbocycles. The molecule has 4 N–H and O–H groups in total. The molecule has 0 fully saturated rings. The van der Waals surface area contributed by atoms with Crippen LogP contribution in [-0.2, 0) is 12.7 Å². The Kier molecular flexibility index (Phi) is 7.75. The molecule has 0 spiro atoms. The molecule has 0 saturated carbocycles. The molecule has 10 nitrogen and oxygen atoms in total. The van der Waals surface area contributed by atoms with Crippen LogP contribution in [0.4, 0.5) is 42.2 Å². The van der Waals surface area contributed by atoms with E-state index in [2.05, 4.69) is 25.4 Å². The summed E-state index contributed by atoms with van der Waals surface area (Å²) in [5.74, 6) is -1.86. The van der Waals surface area contributed by atoms with Gasteiger partial charge >= 0.3 is 6.18 Å². The first-order chi connectivity index (χ1) is 18.8. The Morgan fingerprint density at radius 1 is 1.12 bits per heavy atom. The van der Waals surface area contributed by atoms with Gasteiger partial charge in [0.15, 0.2) is 5.82 Å². The largest absolute Gasteiger partial charge is 0.423 e. The summed E-state index contributed by atoms with van der Waals surface area (Å²) < 4.78 is 96.0. The average Bonchev–Trinajstić information content (AvgIpc) is 2.84. The first kappa shape index (κ1) is 28.4. The monoisotopic (exact) mass is 572 g/mol. The van der Waals surface area contributed by atoms with Crippen molar-refractivity contribution in [2.24, 2.45) is 0 Å². The fourth-order valence-electron chi connectivity index (χ4n) is 3.97. The van der Waals surface area contributed by atoms with E-state index < -0.39 is 70.9 Å². The first-order valence-corrected chi connectivity index (χ1v) is 11.4. The summed E-state index contributed by atoms with van der Waals surface area (Å²) in [5, 5.41) is 7.18. The van der Waals surface area contributed by atoms with Crippen molar-refractivity contribution >= 4 is 22.4 Å². The highest BCUT2D eigenvalue weighted by atomic mass is 19.4. The molecule has 0 bridgehead atoms. The number of rotatable bonds is 8. The van der Waals surface area contributed by atoms with E-state index in [1.165, 1.54) is 6.92 Å². The molecule has 212 valence electrons. The molecule has 17 heteroatoms. The third-order valence-electron chi connectivity index (χ3n) is 5.78. The highest BCUT2D eigenvalue weighted by molar-refractivity contribution is 5.82. The Morgan fingerprint density at radius 2 is 1.85 bits per heavy atom. The number of aromatic nitrogens is 6. The normalized spacial score (nSPS) is 13.5. The molecule has 40 heavy (non-hydrogen) atoms. The standard InChI is InChI=1S/C23H19F7N8O2/c1-9(35-16-6-34-37-21(39)17(16)23(28,29)30)2-10(24)7-38-8-33-15-4-11(14(25)3-12(15)22(38)40)20-32-5-13(18(26)27)19(31)36-20/h3-6,8-10,18H,2,7H2,1H3,(H2,31,32,36)(H2,35,37,39)/t9-,10-/m0/s1. The van der Waals surface area contributed by atoms with Gasteiger partial charge in [0.25, 0.3) is 17.5 Å². The summed E-state index contributed by atoms with van der Waals surface area (Å²) in [6.07, 6.45) is -7.57. The molecule has 4 aromatic rings. The van der Waals surface area contributed by atoms with E-state index in [9.17, 15) is 40.3 Å². The Bertz CT molecular complexity index is 1670. The van der Waals surface area contributed by atoms with E-state index in [-0.39, 0.29) is 28.7 Å². The Labute approximate surface area is 219 Å². The van der Waals surface area contributed by atoms with E-state index in [1.807, 2.05) is 0 Å². The number of nitrogens with two attached hydrogens (primary N) is 1. The molecule has 0 saturated heterocycles. The van der Waals surface area contributed by atoms with Crippen LogP contribution in [0.2, 0.25) is 0 Å². The number of hydrogen-bond donors (Lipinski definition) is 3. The van der Waals surface area contributed by atoms with Gasteiger partial charge in [0.05, 0.1) is 46.8 Å². The van der Waals surface area contributed by atoms with E-state index in [4.69, 9.17) is 5.73 Å². The summed E-state index contributed by atoms with van der Waals surface area (Å²) in [6.45, 7) is 0.806. The van der Waals surface area contributed by atoms with Gasteiger partial charge in [-0.05, 0) is 19.1 Å². The molecule has 0 amide bonds. The van der Waals surface area contributed by atoms with Crippen molar-refractivity contribution in [3.63, 3.8) is 0 Å². The average molecular weight is 572 g/mol. The zero-order chi connectivity index (χ0) is 29.4. The highest BCUT2D eigenvalue weighted by Gasteiger charge is 2.37. The number of hydrogen-bond acceptors (Lipinski definition) is 8. The van der Waals surface area contributed by atoms with Crippen molar-refractivity contribution in [3.05, 3.63) is 68.5 Å². The van der Waals surface area contributed by atoms with E-state index in [0.29, 0.717) is 0 Å². The van der Waals surface area contributed by atoms with Crippen molar-refractivity contribution in [2.75, 3.05) is 11.1 Å². The van der Waals surface area contributed by atoms with Crippen molar-refractivity contribution in [1.29, 1.82) is 0 Å². The summed E-state index contributed by atoms with van der Waals surface area (Å²) in [4.78, 5) is 35.9. The van der Waals surface area contributed by atoms with Gasteiger partial charge < -0.3 is 11.1 Å². The maximum atomic E-state index is 14.9. The second kappa shape index (κ2) is 10.9. The summed E-state index contributed by atoms with van der Waals surface area (Å²) in [7, 11) is 0. The predicted molar refractivity (Wildman–Crippen MR) is 129 cm³/mol. The van der Waals surface area contributed by atoms with Crippen LogP contribution in [-0.4, -0.2) is 41.9 Å². The molecule has 2 atom stereocenters. The predicted octanol–water partition coefficient (Wildman–Crippen LogP) is 3.84. The van der Waals surface area contributed by atoms with Gasteiger partial charge in [-0.1, -0.05) is 0 Å². The number of benzene rings is 1. The second-order valence-corrected chi connectivity index (χ2v) is 8.75. The summed E-state index contributed by atoms with van der Waals surface area (Å²) in [5.41, 5.74) is 0.138. The number of nitrogens with zero attached hydrogens (tertiary/aromatic N) is 5. The molecular weight excluding hydrogens is 553 g/mol. The molecule has 3 heterocycles. The quantitative estimate of drug-likeness (QED) is 0.270. The Hall–Kier alpha value is -4.57. The van der Waals surface area contributed by atoms with Crippen molar-refractivity contribution in [2.45, 2.75) is 44.7 Å². The Balaban J connectivity index is 1.53. The zero-order valence-electron chi connectivity index (χ0n) is 20.3. The maximum Gasteiger partial charge on any atom is 0.423 e. The number of H-pyrrole nitrogens is 1. The number of anilines is 2. The lowest BCUT2D eigenvalue weighted by Crippen LogP contribution is -2.30. The van der Waals surface area contributed by atoms with E-state index in [1.54, 1.807) is 5.10 Å². The van der Waals surface area contributed by atoms with Crippen LogP contribution in [0.15, 0.2) is 40.4 Å². The molecule has 4 rings (SSSR count). The molecule has 0 aliphatic heterocycles. The molecule has 0 unspecified atom stereocenters. The summed E-state index contributed by atoms with van der Waals surface area (Å²) >= 11 is 0. The van der Waals surface area contributed by atoms with Crippen LogP contribution in [0.5, 0.6) is 0 Å². The lowest BCUT2D eigenvalue weighted by Gasteiger charge is -2.20. The van der Waals surface area contributed by atoms with Gasteiger partial charge in [0, 0.05) is 18.7 Å². The fourth-order valence-corrected chi connectivity index (χ4v) is 3.97. The summed E-state index contributed by atoms with van der Waals surface area (Å²) in [6, 6.07) is 1.00. The van der Waals surface area contributed by atoms with Crippen molar-refractivity contribution in [1.82, 2.24) is 29.7 Å².